The minimum Gasteiger partial charge on any atom is -0.353 e. The quantitative estimate of drug-likeness (QED) is 0.802. The molecule has 1 aliphatic rings. The molecule has 23 heavy (non-hydrogen) atoms. The first-order valence-electron chi connectivity index (χ1n) is 7.87. The standard InChI is InChI=1S/C14H17N5O2.C2H6/c1-10(20)13-7-12(17-21-13)11-8-15-14(16-9-11)19-5-3-18(2)4-6-19;1-2/h7-9H,3-6H2,1-2H3;1-2H3. The maximum atomic E-state index is 11.2. The number of carbonyl (C=O) groups excluding carboxylic acids is 1. The Balaban J connectivity index is 0.000000924. The zero-order valence-corrected chi connectivity index (χ0v) is 14.1. The normalized spacial score (nSPS) is 15.0. The molecule has 7 heteroatoms. The number of nitrogens with zero attached hydrogens (tertiary/aromatic N) is 5. The van der Waals surface area contributed by atoms with Crippen LogP contribution in [0.2, 0.25) is 0 Å². The summed E-state index contributed by atoms with van der Waals surface area (Å²) in [6.45, 7) is 9.31. The third-order valence-electron chi connectivity index (χ3n) is 3.58. The highest BCUT2D eigenvalue weighted by Crippen LogP contribution is 2.19. The van der Waals surface area contributed by atoms with E-state index in [0.29, 0.717) is 5.69 Å². The Morgan fingerprint density at radius 3 is 2.26 bits per heavy atom. The molecule has 1 fully saturated rings. The second-order valence-electron chi connectivity index (χ2n) is 5.19. The molecular formula is C16H23N5O2. The molecule has 1 aliphatic heterocycles. The fourth-order valence-electron chi connectivity index (χ4n) is 2.20. The van der Waals surface area contributed by atoms with Crippen LogP contribution in [0.1, 0.15) is 31.3 Å². The van der Waals surface area contributed by atoms with Crippen molar-refractivity contribution in [1.29, 1.82) is 0 Å². The number of anilines is 1. The van der Waals surface area contributed by atoms with Crippen molar-refractivity contribution in [3.8, 4) is 11.3 Å². The summed E-state index contributed by atoms with van der Waals surface area (Å²) in [4.78, 5) is 24.4. The Hall–Kier alpha value is -2.28. The lowest BCUT2D eigenvalue weighted by Crippen LogP contribution is -2.45. The van der Waals surface area contributed by atoms with Crippen molar-refractivity contribution in [3.05, 3.63) is 24.2 Å². The van der Waals surface area contributed by atoms with Crippen molar-refractivity contribution in [1.82, 2.24) is 20.0 Å². The summed E-state index contributed by atoms with van der Waals surface area (Å²) in [5, 5.41) is 3.86. The monoisotopic (exact) mass is 317 g/mol. The van der Waals surface area contributed by atoms with Gasteiger partial charge in [0, 0.05) is 57.1 Å². The van der Waals surface area contributed by atoms with Gasteiger partial charge in [0.15, 0.2) is 5.78 Å². The summed E-state index contributed by atoms with van der Waals surface area (Å²) in [5.74, 6) is 0.819. The summed E-state index contributed by atoms with van der Waals surface area (Å²) in [6.07, 6.45) is 3.42. The van der Waals surface area contributed by atoms with Crippen molar-refractivity contribution >= 4 is 11.7 Å². The Labute approximate surface area is 136 Å². The molecule has 0 saturated carbocycles. The number of likely N-dealkylation sites (N-methyl/N-ethyl adjacent to an activating group) is 1. The highest BCUT2D eigenvalue weighted by molar-refractivity contribution is 5.92. The summed E-state index contributed by atoms with van der Waals surface area (Å²) in [6, 6.07) is 1.61. The van der Waals surface area contributed by atoms with Crippen LogP contribution in [0.15, 0.2) is 23.0 Å². The summed E-state index contributed by atoms with van der Waals surface area (Å²) < 4.78 is 4.97. The molecule has 7 nitrogen and oxygen atoms in total. The van der Waals surface area contributed by atoms with Crippen molar-refractivity contribution in [3.63, 3.8) is 0 Å². The zero-order valence-electron chi connectivity index (χ0n) is 14.1. The molecule has 0 aromatic carbocycles. The first kappa shape index (κ1) is 17.1. The molecule has 2 aromatic heterocycles. The van der Waals surface area contributed by atoms with Gasteiger partial charge in [0.25, 0.3) is 0 Å². The predicted molar refractivity (Wildman–Crippen MR) is 88.6 cm³/mol. The van der Waals surface area contributed by atoms with Crippen LogP contribution in [0.4, 0.5) is 5.95 Å². The van der Waals surface area contributed by atoms with E-state index in [0.717, 1.165) is 37.7 Å². The predicted octanol–water partition coefficient (Wildman–Crippen LogP) is 2.11. The molecule has 3 heterocycles. The Bertz CT molecular complexity index is 630. The lowest BCUT2D eigenvalue weighted by Gasteiger charge is -2.32. The van der Waals surface area contributed by atoms with E-state index in [2.05, 4.69) is 32.0 Å². The van der Waals surface area contributed by atoms with Gasteiger partial charge >= 0.3 is 0 Å². The Morgan fingerprint density at radius 2 is 1.74 bits per heavy atom. The first-order valence-corrected chi connectivity index (χ1v) is 7.87. The molecule has 1 saturated heterocycles. The van der Waals surface area contributed by atoms with E-state index >= 15 is 0 Å². The fraction of sp³-hybridized carbons (Fsp3) is 0.500. The number of piperazine rings is 1. The van der Waals surface area contributed by atoms with E-state index < -0.39 is 0 Å². The fourth-order valence-corrected chi connectivity index (χ4v) is 2.20. The van der Waals surface area contributed by atoms with Gasteiger partial charge in [-0.05, 0) is 7.05 Å². The smallest absolute Gasteiger partial charge is 0.225 e. The molecule has 0 spiro atoms. The van der Waals surface area contributed by atoms with E-state index in [1.807, 2.05) is 13.8 Å². The van der Waals surface area contributed by atoms with Crippen LogP contribution in [0.3, 0.4) is 0 Å². The molecular weight excluding hydrogens is 294 g/mol. The number of aromatic nitrogens is 3. The van der Waals surface area contributed by atoms with E-state index in [1.54, 1.807) is 18.5 Å². The van der Waals surface area contributed by atoms with Gasteiger partial charge in [-0.1, -0.05) is 19.0 Å². The average Bonchev–Trinajstić information content (AvgIpc) is 3.08. The van der Waals surface area contributed by atoms with Crippen LogP contribution < -0.4 is 4.90 Å². The van der Waals surface area contributed by atoms with Gasteiger partial charge in [0.2, 0.25) is 11.7 Å². The molecule has 2 aromatic rings. The number of Topliss-reactive ketones (excluding diaryl/α,β-unsaturated/α-hetero) is 1. The number of hydrogen-bond donors (Lipinski definition) is 0. The molecule has 0 radical (unpaired) electrons. The van der Waals surface area contributed by atoms with E-state index in [4.69, 9.17) is 4.52 Å². The first-order chi connectivity index (χ1) is 11.1. The molecule has 0 bridgehead atoms. The van der Waals surface area contributed by atoms with E-state index in [9.17, 15) is 4.79 Å². The maximum Gasteiger partial charge on any atom is 0.225 e. The van der Waals surface area contributed by atoms with Crippen LogP contribution in [0, 0.1) is 0 Å². The van der Waals surface area contributed by atoms with Crippen LogP contribution in [0.5, 0.6) is 0 Å². The van der Waals surface area contributed by atoms with Gasteiger partial charge in [0.1, 0.15) is 5.69 Å². The summed E-state index contributed by atoms with van der Waals surface area (Å²) in [5.41, 5.74) is 1.31. The second-order valence-corrected chi connectivity index (χ2v) is 5.19. The topological polar surface area (TPSA) is 75.4 Å². The number of ketones is 1. The summed E-state index contributed by atoms with van der Waals surface area (Å²) >= 11 is 0. The highest BCUT2D eigenvalue weighted by Gasteiger charge is 2.17. The van der Waals surface area contributed by atoms with Crippen LogP contribution in [-0.2, 0) is 0 Å². The lowest BCUT2D eigenvalue weighted by atomic mass is 10.2. The lowest BCUT2D eigenvalue weighted by molar-refractivity contribution is 0.0978. The maximum absolute atomic E-state index is 11.2. The van der Waals surface area contributed by atoms with Gasteiger partial charge in [-0.2, -0.15) is 0 Å². The molecule has 124 valence electrons. The van der Waals surface area contributed by atoms with Crippen molar-refractivity contribution in [2.45, 2.75) is 20.8 Å². The average molecular weight is 317 g/mol. The molecule has 0 atom stereocenters. The molecule has 0 unspecified atom stereocenters. The van der Waals surface area contributed by atoms with Crippen molar-refractivity contribution in [2.24, 2.45) is 0 Å². The van der Waals surface area contributed by atoms with Gasteiger partial charge in [0.05, 0.1) is 0 Å². The van der Waals surface area contributed by atoms with E-state index in [-0.39, 0.29) is 11.5 Å². The van der Waals surface area contributed by atoms with Crippen molar-refractivity contribution < 1.29 is 9.32 Å². The Kier molecular flexibility index (Phi) is 5.81. The third kappa shape index (κ3) is 4.13. The highest BCUT2D eigenvalue weighted by atomic mass is 16.5. The van der Waals surface area contributed by atoms with Gasteiger partial charge in [-0.15, -0.1) is 0 Å². The molecule has 3 rings (SSSR count). The Morgan fingerprint density at radius 1 is 1.13 bits per heavy atom. The SMILES string of the molecule is CC.CC(=O)c1cc(-c2cnc(N3CCN(C)CC3)nc2)no1. The van der Waals surface area contributed by atoms with Gasteiger partial charge in [-0.25, -0.2) is 9.97 Å². The van der Waals surface area contributed by atoms with Gasteiger partial charge < -0.3 is 14.3 Å². The minimum absolute atomic E-state index is 0.149. The van der Waals surface area contributed by atoms with Crippen LogP contribution in [0.25, 0.3) is 11.3 Å². The molecule has 0 amide bonds. The zero-order chi connectivity index (χ0) is 16.8. The van der Waals surface area contributed by atoms with Crippen LogP contribution in [-0.4, -0.2) is 59.0 Å². The number of hydrogen-bond acceptors (Lipinski definition) is 7. The van der Waals surface area contributed by atoms with Crippen LogP contribution >= 0.6 is 0 Å². The minimum atomic E-state index is -0.149. The van der Waals surface area contributed by atoms with E-state index in [1.165, 1.54) is 6.92 Å². The number of carbonyl (C=O) groups is 1. The molecule has 0 N–H and O–H groups in total. The van der Waals surface area contributed by atoms with Crippen molar-refractivity contribution in [2.75, 3.05) is 38.1 Å². The number of rotatable bonds is 3. The molecule has 0 aliphatic carbocycles. The third-order valence-corrected chi connectivity index (χ3v) is 3.58. The largest absolute Gasteiger partial charge is 0.353 e. The second kappa shape index (κ2) is 7.82. The van der Waals surface area contributed by atoms with Gasteiger partial charge in [-0.3, -0.25) is 4.79 Å². The summed E-state index contributed by atoms with van der Waals surface area (Å²) in [7, 11) is 2.11.